The van der Waals surface area contributed by atoms with Crippen LogP contribution in [0, 0.1) is 19.7 Å². The molecule has 0 radical (unpaired) electrons. The summed E-state index contributed by atoms with van der Waals surface area (Å²) in [5.41, 5.74) is 2.23. The quantitative estimate of drug-likeness (QED) is 0.903. The van der Waals surface area contributed by atoms with Crippen LogP contribution < -0.4 is 10.6 Å². The number of hydrogen-bond donors (Lipinski definition) is 2. The SMILES string of the molecule is CNc1c(F)cccc1C(=O)Nc1cc(C)cc(C)n1. The van der Waals surface area contributed by atoms with Gasteiger partial charge >= 0.3 is 0 Å². The zero-order valence-corrected chi connectivity index (χ0v) is 11.6. The van der Waals surface area contributed by atoms with Gasteiger partial charge in [-0.05, 0) is 43.7 Å². The first-order chi connectivity index (χ1) is 9.51. The number of hydrogen-bond acceptors (Lipinski definition) is 3. The molecule has 0 bridgehead atoms. The summed E-state index contributed by atoms with van der Waals surface area (Å²) in [6, 6.07) is 8.05. The minimum atomic E-state index is -0.464. The normalized spacial score (nSPS) is 10.2. The number of para-hydroxylation sites is 1. The summed E-state index contributed by atoms with van der Waals surface area (Å²) in [5.74, 6) is -0.404. The van der Waals surface area contributed by atoms with Crippen molar-refractivity contribution in [2.24, 2.45) is 0 Å². The minimum absolute atomic E-state index is 0.175. The Bertz CT molecular complexity index is 635. The lowest BCUT2D eigenvalue weighted by Crippen LogP contribution is -2.16. The van der Waals surface area contributed by atoms with E-state index in [1.807, 2.05) is 19.9 Å². The van der Waals surface area contributed by atoms with Crippen LogP contribution in [0.2, 0.25) is 0 Å². The highest BCUT2D eigenvalue weighted by Gasteiger charge is 2.14. The Labute approximate surface area is 117 Å². The van der Waals surface area contributed by atoms with Crippen molar-refractivity contribution in [1.82, 2.24) is 4.98 Å². The summed E-state index contributed by atoms with van der Waals surface area (Å²) in [4.78, 5) is 16.4. The number of carbonyl (C=O) groups is 1. The molecule has 0 saturated carbocycles. The first kappa shape index (κ1) is 14.0. The molecule has 4 nitrogen and oxygen atoms in total. The molecule has 20 heavy (non-hydrogen) atoms. The largest absolute Gasteiger partial charge is 0.385 e. The van der Waals surface area contributed by atoms with Crippen molar-refractivity contribution in [3.8, 4) is 0 Å². The van der Waals surface area contributed by atoms with E-state index >= 15 is 0 Å². The zero-order chi connectivity index (χ0) is 14.7. The molecule has 0 spiro atoms. The number of aryl methyl sites for hydroxylation is 2. The Morgan fingerprint density at radius 3 is 2.65 bits per heavy atom. The van der Waals surface area contributed by atoms with Gasteiger partial charge in [0.1, 0.15) is 11.6 Å². The van der Waals surface area contributed by atoms with Crippen LogP contribution in [0.3, 0.4) is 0 Å². The van der Waals surface area contributed by atoms with Crippen molar-refractivity contribution in [3.05, 3.63) is 53.0 Å². The maximum Gasteiger partial charge on any atom is 0.259 e. The molecule has 5 heteroatoms. The van der Waals surface area contributed by atoms with Crippen LogP contribution in [0.5, 0.6) is 0 Å². The van der Waals surface area contributed by atoms with Crippen LogP contribution in [0.4, 0.5) is 15.9 Å². The van der Waals surface area contributed by atoms with E-state index < -0.39 is 11.7 Å². The van der Waals surface area contributed by atoms with Crippen molar-refractivity contribution in [1.29, 1.82) is 0 Å². The highest BCUT2D eigenvalue weighted by molar-refractivity contribution is 6.07. The summed E-state index contributed by atoms with van der Waals surface area (Å²) in [7, 11) is 1.57. The Hall–Kier alpha value is -2.43. The smallest absolute Gasteiger partial charge is 0.259 e. The molecule has 0 saturated heterocycles. The predicted octanol–water partition coefficient (Wildman–Crippen LogP) is 3.13. The van der Waals surface area contributed by atoms with Gasteiger partial charge in [-0.2, -0.15) is 0 Å². The number of carbonyl (C=O) groups excluding carboxylic acids is 1. The van der Waals surface area contributed by atoms with Crippen LogP contribution in [0.1, 0.15) is 21.6 Å². The number of aromatic nitrogens is 1. The van der Waals surface area contributed by atoms with Crippen LogP contribution in [-0.2, 0) is 0 Å². The molecule has 1 heterocycles. The minimum Gasteiger partial charge on any atom is -0.385 e. The van der Waals surface area contributed by atoms with Gasteiger partial charge in [0.25, 0.3) is 5.91 Å². The molecule has 2 N–H and O–H groups in total. The number of rotatable bonds is 3. The maximum atomic E-state index is 13.6. The summed E-state index contributed by atoms with van der Waals surface area (Å²) in [6.45, 7) is 3.77. The number of nitrogens with one attached hydrogen (secondary N) is 2. The molecule has 0 aliphatic heterocycles. The summed E-state index contributed by atoms with van der Waals surface area (Å²) in [6.07, 6.45) is 0. The van der Waals surface area contributed by atoms with Gasteiger partial charge in [-0.3, -0.25) is 4.79 Å². The standard InChI is InChI=1S/C15H16FN3O/c1-9-7-10(2)18-13(8-9)19-15(20)11-5-4-6-12(16)14(11)17-3/h4-8,17H,1-3H3,(H,18,19,20). The number of amides is 1. The van der Waals surface area contributed by atoms with Crippen molar-refractivity contribution in [3.63, 3.8) is 0 Å². The Balaban J connectivity index is 2.31. The summed E-state index contributed by atoms with van der Waals surface area (Å²) in [5, 5.41) is 5.38. The highest BCUT2D eigenvalue weighted by atomic mass is 19.1. The van der Waals surface area contributed by atoms with Crippen LogP contribution in [0.25, 0.3) is 0 Å². The summed E-state index contributed by atoms with van der Waals surface area (Å²) < 4.78 is 13.6. The van der Waals surface area contributed by atoms with Gasteiger partial charge in [-0.1, -0.05) is 6.07 Å². The molecule has 0 aliphatic rings. The van der Waals surface area contributed by atoms with E-state index in [0.29, 0.717) is 5.82 Å². The molecule has 2 rings (SSSR count). The molecule has 2 aromatic rings. The van der Waals surface area contributed by atoms with Gasteiger partial charge in [0.2, 0.25) is 0 Å². The zero-order valence-electron chi connectivity index (χ0n) is 11.6. The Morgan fingerprint density at radius 1 is 1.25 bits per heavy atom. The maximum absolute atomic E-state index is 13.6. The average Bonchev–Trinajstić information content (AvgIpc) is 2.37. The van der Waals surface area contributed by atoms with E-state index in [-0.39, 0.29) is 11.3 Å². The van der Waals surface area contributed by atoms with Gasteiger partial charge in [0, 0.05) is 12.7 Å². The second-order valence-corrected chi connectivity index (χ2v) is 4.54. The third kappa shape index (κ3) is 2.93. The topological polar surface area (TPSA) is 54.0 Å². The van der Waals surface area contributed by atoms with Gasteiger partial charge in [0.15, 0.2) is 0 Å². The first-order valence-electron chi connectivity index (χ1n) is 6.24. The second kappa shape index (κ2) is 5.69. The van der Waals surface area contributed by atoms with E-state index in [0.717, 1.165) is 11.3 Å². The molecule has 0 fully saturated rings. The van der Waals surface area contributed by atoms with Crippen LogP contribution in [0.15, 0.2) is 30.3 Å². The van der Waals surface area contributed by atoms with E-state index in [4.69, 9.17) is 0 Å². The number of nitrogens with zero attached hydrogens (tertiary/aromatic N) is 1. The van der Waals surface area contributed by atoms with Crippen LogP contribution >= 0.6 is 0 Å². The average molecular weight is 273 g/mol. The third-order valence-corrected chi connectivity index (χ3v) is 2.85. The molecule has 0 atom stereocenters. The Kier molecular flexibility index (Phi) is 3.98. The molecule has 1 aromatic heterocycles. The number of pyridine rings is 1. The monoisotopic (exact) mass is 273 g/mol. The predicted molar refractivity (Wildman–Crippen MR) is 77.6 cm³/mol. The first-order valence-corrected chi connectivity index (χ1v) is 6.24. The third-order valence-electron chi connectivity index (χ3n) is 2.85. The van der Waals surface area contributed by atoms with E-state index in [9.17, 15) is 9.18 Å². The van der Waals surface area contributed by atoms with Crippen molar-refractivity contribution >= 4 is 17.4 Å². The molecule has 0 aliphatic carbocycles. The fraction of sp³-hybridized carbons (Fsp3) is 0.200. The summed E-state index contributed by atoms with van der Waals surface area (Å²) >= 11 is 0. The molecule has 0 unspecified atom stereocenters. The van der Waals surface area contributed by atoms with Gasteiger partial charge in [0.05, 0.1) is 11.3 Å². The van der Waals surface area contributed by atoms with Crippen molar-refractivity contribution < 1.29 is 9.18 Å². The van der Waals surface area contributed by atoms with E-state index in [1.54, 1.807) is 19.2 Å². The lowest BCUT2D eigenvalue weighted by atomic mass is 10.1. The number of halogens is 1. The second-order valence-electron chi connectivity index (χ2n) is 4.54. The molecule has 104 valence electrons. The lowest BCUT2D eigenvalue weighted by Gasteiger charge is -2.11. The van der Waals surface area contributed by atoms with E-state index in [2.05, 4.69) is 15.6 Å². The van der Waals surface area contributed by atoms with Gasteiger partial charge < -0.3 is 10.6 Å². The molecule has 1 amide bonds. The Morgan fingerprint density at radius 2 is 2.00 bits per heavy atom. The number of anilines is 2. The van der Waals surface area contributed by atoms with Gasteiger partial charge in [-0.25, -0.2) is 9.37 Å². The van der Waals surface area contributed by atoms with Gasteiger partial charge in [-0.15, -0.1) is 0 Å². The fourth-order valence-corrected chi connectivity index (χ4v) is 2.06. The van der Waals surface area contributed by atoms with Crippen LogP contribution in [-0.4, -0.2) is 17.9 Å². The fourth-order valence-electron chi connectivity index (χ4n) is 2.06. The molecule has 1 aromatic carbocycles. The number of benzene rings is 1. The molecular formula is C15H16FN3O. The lowest BCUT2D eigenvalue weighted by molar-refractivity contribution is 0.102. The van der Waals surface area contributed by atoms with Crippen molar-refractivity contribution in [2.45, 2.75) is 13.8 Å². The van der Waals surface area contributed by atoms with Crippen molar-refractivity contribution in [2.75, 3.05) is 17.7 Å². The van der Waals surface area contributed by atoms with E-state index in [1.165, 1.54) is 12.1 Å². The molecular weight excluding hydrogens is 257 g/mol. The highest BCUT2D eigenvalue weighted by Crippen LogP contribution is 2.20.